The molecule has 3 rings (SSSR count). The Labute approximate surface area is 217 Å². The number of primary amides is 1. The number of aromatic nitrogens is 1. The lowest BCUT2D eigenvalue weighted by Crippen LogP contribution is -2.43. The summed E-state index contributed by atoms with van der Waals surface area (Å²) in [5, 5.41) is 7.01. The van der Waals surface area contributed by atoms with E-state index in [9.17, 15) is 9.59 Å². The van der Waals surface area contributed by atoms with Gasteiger partial charge in [0.25, 0.3) is 0 Å². The number of carbonyl (C=O) groups is 2. The third kappa shape index (κ3) is 8.73. The van der Waals surface area contributed by atoms with Crippen molar-refractivity contribution in [3.63, 3.8) is 0 Å². The van der Waals surface area contributed by atoms with E-state index in [4.69, 9.17) is 10.5 Å². The number of nitrogens with two attached hydrogens (primary N) is 1. The average molecular weight is 510 g/mol. The van der Waals surface area contributed by atoms with Crippen LogP contribution in [-0.2, 0) is 9.59 Å². The molecule has 8 nitrogen and oxygen atoms in total. The minimum atomic E-state index is -0.795. The fourth-order valence-corrected chi connectivity index (χ4v) is 4.84. The highest BCUT2D eigenvalue weighted by atomic mass is 32.2. The Hall–Kier alpha value is -3.30. The van der Waals surface area contributed by atoms with Gasteiger partial charge in [-0.3, -0.25) is 9.59 Å². The monoisotopic (exact) mass is 509 g/mol. The van der Waals surface area contributed by atoms with Gasteiger partial charge in [0, 0.05) is 29.9 Å². The lowest BCUT2D eigenvalue weighted by Gasteiger charge is -2.23. The van der Waals surface area contributed by atoms with Crippen LogP contribution in [-0.4, -0.2) is 53.9 Å². The third-order valence-electron chi connectivity index (χ3n) is 5.39. The largest absolute Gasteiger partial charge is 0.497 e. The van der Waals surface area contributed by atoms with Crippen LogP contribution in [0.4, 0.5) is 5.82 Å². The van der Waals surface area contributed by atoms with Gasteiger partial charge in [-0.25, -0.2) is 9.29 Å². The molecule has 0 bridgehead atoms. The first-order valence-electron chi connectivity index (χ1n) is 12.1. The Kier molecular flexibility index (Phi) is 10.4. The van der Waals surface area contributed by atoms with Gasteiger partial charge >= 0.3 is 0 Å². The van der Waals surface area contributed by atoms with Gasteiger partial charge in [0.15, 0.2) is 0 Å². The fourth-order valence-electron chi connectivity index (χ4n) is 3.69. The molecule has 9 heteroatoms. The normalized spacial score (nSPS) is 12.0. The molecular formula is C27H35N5O3S. The van der Waals surface area contributed by atoms with Gasteiger partial charge in [0.05, 0.1) is 19.0 Å². The molecule has 2 amide bonds. The van der Waals surface area contributed by atoms with Gasteiger partial charge in [-0.05, 0) is 66.8 Å². The molecule has 1 atom stereocenters. The van der Waals surface area contributed by atoms with E-state index in [2.05, 4.69) is 33.8 Å². The summed E-state index contributed by atoms with van der Waals surface area (Å²) in [6, 6.07) is 18.6. The maximum absolute atomic E-state index is 12.9. The van der Waals surface area contributed by atoms with E-state index in [0.717, 1.165) is 41.1 Å². The summed E-state index contributed by atoms with van der Waals surface area (Å²) < 4.78 is 7.54. The number of nitrogens with one attached hydrogen (secondary N) is 2. The molecule has 0 aliphatic heterocycles. The first-order chi connectivity index (χ1) is 17.3. The average Bonchev–Trinajstić information content (AvgIpc) is 2.85. The highest BCUT2D eigenvalue weighted by molar-refractivity contribution is 7.97. The van der Waals surface area contributed by atoms with Crippen molar-refractivity contribution in [3.8, 4) is 5.75 Å². The Morgan fingerprint density at radius 3 is 2.53 bits per heavy atom. The van der Waals surface area contributed by atoms with E-state index >= 15 is 0 Å². The van der Waals surface area contributed by atoms with Crippen LogP contribution in [0.15, 0.2) is 65.6 Å². The van der Waals surface area contributed by atoms with Crippen molar-refractivity contribution in [1.82, 2.24) is 14.6 Å². The van der Waals surface area contributed by atoms with Crippen molar-refractivity contribution in [3.05, 3.63) is 60.7 Å². The van der Waals surface area contributed by atoms with E-state index in [1.807, 2.05) is 54.6 Å². The summed E-state index contributed by atoms with van der Waals surface area (Å²) >= 11 is 1.70. The van der Waals surface area contributed by atoms with Crippen LogP contribution in [0.5, 0.6) is 5.75 Å². The summed E-state index contributed by atoms with van der Waals surface area (Å²) in [6.07, 6.45) is 0.645. The molecule has 2 aromatic carbocycles. The number of carbonyl (C=O) groups excluding carboxylic acids is 2. The Balaban J connectivity index is 1.54. The van der Waals surface area contributed by atoms with Gasteiger partial charge in [-0.1, -0.05) is 32.0 Å². The van der Waals surface area contributed by atoms with E-state index in [0.29, 0.717) is 18.3 Å². The van der Waals surface area contributed by atoms with Crippen LogP contribution >= 0.6 is 11.9 Å². The zero-order valence-electron chi connectivity index (χ0n) is 21.1. The van der Waals surface area contributed by atoms with Crippen molar-refractivity contribution in [2.45, 2.75) is 37.6 Å². The molecular weight excluding hydrogens is 474 g/mol. The van der Waals surface area contributed by atoms with Gasteiger partial charge in [-0.15, -0.1) is 0 Å². The predicted molar refractivity (Wildman–Crippen MR) is 146 cm³/mol. The van der Waals surface area contributed by atoms with Crippen LogP contribution in [0.3, 0.4) is 0 Å². The molecule has 0 spiro atoms. The van der Waals surface area contributed by atoms with Crippen molar-refractivity contribution >= 4 is 40.5 Å². The lowest BCUT2D eigenvalue weighted by atomic mass is 10.1. The molecule has 0 fully saturated rings. The zero-order chi connectivity index (χ0) is 25.9. The second-order valence-electron chi connectivity index (χ2n) is 8.95. The van der Waals surface area contributed by atoms with Gasteiger partial charge in [0.2, 0.25) is 11.8 Å². The quantitative estimate of drug-likeness (QED) is 0.222. The standard InChI is InChI=1S/C27H35N5O3S/c1-19(2)18-32(36-22-12-10-21(35-3)11-13-22)16-6-15-29-27(34)24(17-25(28)33)31-26-14-9-20-7-4-5-8-23(20)30-26/h4-5,7-14,19,24H,6,15-18H2,1-3H3,(H2,28,33)(H,29,34)(H,30,31)/t24-/m0/s1. The number of rotatable bonds is 14. The summed E-state index contributed by atoms with van der Waals surface area (Å²) in [5.41, 5.74) is 6.22. The summed E-state index contributed by atoms with van der Waals surface area (Å²) in [7, 11) is 1.66. The molecule has 3 aromatic rings. The molecule has 36 heavy (non-hydrogen) atoms. The third-order valence-corrected chi connectivity index (χ3v) is 6.46. The number of amides is 2. The molecule has 0 aliphatic carbocycles. The Bertz CT molecular complexity index is 1140. The van der Waals surface area contributed by atoms with Crippen LogP contribution in [0.1, 0.15) is 26.7 Å². The van der Waals surface area contributed by atoms with Crippen LogP contribution in [0.25, 0.3) is 10.9 Å². The smallest absolute Gasteiger partial charge is 0.243 e. The second kappa shape index (κ2) is 13.7. The number of benzene rings is 2. The number of ether oxygens (including phenoxy) is 1. The minimum Gasteiger partial charge on any atom is -0.497 e. The summed E-state index contributed by atoms with van der Waals surface area (Å²) in [5.74, 6) is 1.03. The maximum atomic E-state index is 12.9. The van der Waals surface area contributed by atoms with E-state index in [1.54, 1.807) is 25.1 Å². The second-order valence-corrected chi connectivity index (χ2v) is 10.1. The number of para-hydroxylation sites is 1. The van der Waals surface area contributed by atoms with Crippen LogP contribution < -0.4 is 21.1 Å². The molecule has 1 aromatic heterocycles. The molecule has 0 radical (unpaired) electrons. The molecule has 0 aliphatic rings. The van der Waals surface area contributed by atoms with Crippen molar-refractivity contribution in [2.75, 3.05) is 32.1 Å². The highest BCUT2D eigenvalue weighted by Gasteiger charge is 2.21. The number of anilines is 1. The fraction of sp³-hybridized carbons (Fsp3) is 0.370. The number of hydrogen-bond acceptors (Lipinski definition) is 7. The Morgan fingerprint density at radius 1 is 1.08 bits per heavy atom. The first-order valence-corrected chi connectivity index (χ1v) is 12.9. The van der Waals surface area contributed by atoms with Crippen LogP contribution in [0, 0.1) is 5.92 Å². The lowest BCUT2D eigenvalue weighted by molar-refractivity contribution is -0.125. The number of nitrogens with zero attached hydrogens (tertiary/aromatic N) is 2. The van der Waals surface area contributed by atoms with Gasteiger partial charge in [-0.2, -0.15) is 0 Å². The summed E-state index contributed by atoms with van der Waals surface area (Å²) in [6.45, 7) is 6.58. The predicted octanol–water partition coefficient (Wildman–Crippen LogP) is 4.07. The molecule has 0 unspecified atom stereocenters. The van der Waals surface area contributed by atoms with Crippen LogP contribution in [0.2, 0.25) is 0 Å². The molecule has 192 valence electrons. The van der Waals surface area contributed by atoms with Gasteiger partial charge in [0.1, 0.15) is 17.6 Å². The number of pyridine rings is 1. The maximum Gasteiger partial charge on any atom is 0.243 e. The highest BCUT2D eigenvalue weighted by Crippen LogP contribution is 2.26. The number of methoxy groups -OCH3 is 1. The topological polar surface area (TPSA) is 110 Å². The van der Waals surface area contributed by atoms with Gasteiger partial charge < -0.3 is 21.1 Å². The molecule has 0 saturated heterocycles. The molecule has 1 heterocycles. The first kappa shape index (κ1) is 27.3. The Morgan fingerprint density at radius 2 is 1.83 bits per heavy atom. The van der Waals surface area contributed by atoms with E-state index < -0.39 is 11.9 Å². The van der Waals surface area contributed by atoms with Crippen molar-refractivity contribution < 1.29 is 14.3 Å². The molecule has 4 N–H and O–H groups in total. The number of fused-ring (bicyclic) bond motifs is 1. The zero-order valence-corrected chi connectivity index (χ0v) is 21.9. The van der Waals surface area contributed by atoms with Crippen molar-refractivity contribution in [2.24, 2.45) is 11.7 Å². The number of hydrogen-bond donors (Lipinski definition) is 3. The van der Waals surface area contributed by atoms with Crippen molar-refractivity contribution in [1.29, 1.82) is 0 Å². The summed E-state index contributed by atoms with van der Waals surface area (Å²) in [4.78, 5) is 30.2. The van der Waals surface area contributed by atoms with E-state index in [1.165, 1.54) is 0 Å². The molecule has 0 saturated carbocycles. The SMILES string of the molecule is COc1ccc(SN(CCCNC(=O)[C@H](CC(N)=O)Nc2ccc3ccccc3n2)CC(C)C)cc1. The van der Waals surface area contributed by atoms with E-state index in [-0.39, 0.29) is 12.3 Å². The minimum absolute atomic E-state index is 0.118.